The number of fused-ring (bicyclic) bond motifs is 1. The van der Waals surface area contributed by atoms with Crippen LogP contribution >= 0.6 is 11.6 Å². The van der Waals surface area contributed by atoms with Crippen molar-refractivity contribution in [1.29, 1.82) is 0 Å². The van der Waals surface area contributed by atoms with Crippen molar-refractivity contribution in [2.75, 3.05) is 0 Å². The summed E-state index contributed by atoms with van der Waals surface area (Å²) < 4.78 is 12.8. The van der Waals surface area contributed by atoms with Crippen LogP contribution in [0.5, 0.6) is 0 Å². The monoisotopic (exact) mass is 209 g/mol. The van der Waals surface area contributed by atoms with Gasteiger partial charge in [0.05, 0.1) is 5.52 Å². The van der Waals surface area contributed by atoms with E-state index in [1.807, 2.05) is 0 Å². The van der Waals surface area contributed by atoms with E-state index in [-0.39, 0.29) is 11.1 Å². The number of nitrogens with zero attached hydrogens (tertiary/aromatic N) is 2. The molecule has 0 aliphatic carbocycles. The van der Waals surface area contributed by atoms with Crippen molar-refractivity contribution in [3.8, 4) is 0 Å². The van der Waals surface area contributed by atoms with E-state index in [0.717, 1.165) is 5.39 Å². The smallest absolute Gasteiger partial charge is 0.222 e. The Hall–Kier alpha value is -1.00. The molecule has 0 aliphatic rings. The van der Waals surface area contributed by atoms with Gasteiger partial charge in [-0.1, -0.05) is 0 Å². The standard InChI is InChI=1S/C8H3ClFN2Si/c9-8-11-6-3-4(10)1-2-5(6)7(13)12-8/h1-3H. The average Bonchev–Trinajstić information content (AvgIpc) is 2.02. The summed E-state index contributed by atoms with van der Waals surface area (Å²) in [5.74, 6) is -0.340. The molecule has 13 heavy (non-hydrogen) atoms. The van der Waals surface area contributed by atoms with Gasteiger partial charge in [0.15, 0.2) is 0 Å². The largest absolute Gasteiger partial charge is 0.228 e. The van der Waals surface area contributed by atoms with Crippen LogP contribution < -0.4 is 5.32 Å². The van der Waals surface area contributed by atoms with Gasteiger partial charge in [-0.2, -0.15) is 0 Å². The van der Waals surface area contributed by atoms with Gasteiger partial charge in [-0.05, 0) is 23.7 Å². The lowest BCUT2D eigenvalue weighted by molar-refractivity contribution is 0.629. The summed E-state index contributed by atoms with van der Waals surface area (Å²) >= 11 is 5.60. The van der Waals surface area contributed by atoms with Gasteiger partial charge < -0.3 is 0 Å². The van der Waals surface area contributed by atoms with Crippen molar-refractivity contribution >= 4 is 38.1 Å². The molecule has 0 bridgehead atoms. The summed E-state index contributed by atoms with van der Waals surface area (Å²) in [4.78, 5) is 7.76. The number of benzene rings is 1. The normalized spacial score (nSPS) is 10.7. The van der Waals surface area contributed by atoms with Crippen LogP contribution in [0.25, 0.3) is 10.9 Å². The van der Waals surface area contributed by atoms with Gasteiger partial charge in [0.25, 0.3) is 0 Å². The van der Waals surface area contributed by atoms with Crippen LogP contribution in [-0.2, 0) is 0 Å². The first-order valence-corrected chi connectivity index (χ1v) is 4.39. The maximum atomic E-state index is 12.8. The van der Waals surface area contributed by atoms with Crippen molar-refractivity contribution in [1.82, 2.24) is 9.97 Å². The molecular weight excluding hydrogens is 207 g/mol. The Balaban J connectivity index is 2.86. The van der Waals surface area contributed by atoms with Crippen LogP contribution in [0, 0.1) is 5.82 Å². The Morgan fingerprint density at radius 3 is 2.85 bits per heavy atom. The van der Waals surface area contributed by atoms with Crippen LogP contribution in [0.1, 0.15) is 0 Å². The lowest BCUT2D eigenvalue weighted by Gasteiger charge is -2.00. The predicted molar refractivity (Wildman–Crippen MR) is 49.9 cm³/mol. The molecule has 0 saturated heterocycles. The van der Waals surface area contributed by atoms with Crippen molar-refractivity contribution in [3.05, 3.63) is 29.3 Å². The van der Waals surface area contributed by atoms with Crippen LogP contribution in [0.3, 0.4) is 0 Å². The lowest BCUT2D eigenvalue weighted by atomic mass is 10.2. The third kappa shape index (κ3) is 1.55. The second-order valence-electron chi connectivity index (χ2n) is 2.50. The quantitative estimate of drug-likeness (QED) is 0.482. The fourth-order valence-corrected chi connectivity index (χ4v) is 1.64. The highest BCUT2D eigenvalue weighted by molar-refractivity contribution is 6.38. The molecule has 0 fully saturated rings. The number of halogens is 2. The fourth-order valence-electron chi connectivity index (χ4n) is 1.07. The second-order valence-corrected chi connectivity index (χ2v) is 3.31. The van der Waals surface area contributed by atoms with Crippen molar-refractivity contribution in [2.24, 2.45) is 0 Å². The minimum Gasteiger partial charge on any atom is -0.228 e. The van der Waals surface area contributed by atoms with E-state index in [0.29, 0.717) is 10.8 Å². The summed E-state index contributed by atoms with van der Waals surface area (Å²) in [6.45, 7) is 0. The number of rotatable bonds is 0. The highest BCUT2D eigenvalue weighted by Crippen LogP contribution is 2.11. The van der Waals surface area contributed by atoms with E-state index < -0.39 is 0 Å². The molecule has 0 atom stereocenters. The van der Waals surface area contributed by atoms with Crippen LogP contribution in [-0.4, -0.2) is 20.2 Å². The molecule has 1 heterocycles. The first kappa shape index (κ1) is 8.59. The van der Waals surface area contributed by atoms with Crippen LogP contribution in [0.15, 0.2) is 18.2 Å². The van der Waals surface area contributed by atoms with Gasteiger partial charge in [-0.15, -0.1) is 0 Å². The Bertz CT molecular complexity index is 470. The van der Waals surface area contributed by atoms with Gasteiger partial charge >= 0.3 is 0 Å². The molecule has 0 aliphatic heterocycles. The number of aromatic nitrogens is 2. The number of hydrogen-bond acceptors (Lipinski definition) is 2. The summed E-state index contributed by atoms with van der Waals surface area (Å²) in [5.41, 5.74) is 0.491. The third-order valence-corrected chi connectivity index (χ3v) is 2.18. The zero-order valence-electron chi connectivity index (χ0n) is 6.38. The van der Waals surface area contributed by atoms with Gasteiger partial charge in [-0.25, -0.2) is 14.4 Å². The zero-order valence-corrected chi connectivity index (χ0v) is 8.14. The van der Waals surface area contributed by atoms with Gasteiger partial charge in [0.1, 0.15) is 16.1 Å². The maximum absolute atomic E-state index is 12.8. The molecule has 0 amide bonds. The molecule has 5 heteroatoms. The molecule has 0 unspecified atom stereocenters. The molecule has 2 rings (SSSR count). The van der Waals surface area contributed by atoms with E-state index in [2.05, 4.69) is 20.2 Å². The summed E-state index contributed by atoms with van der Waals surface area (Å²) in [7, 11) is 3.27. The van der Waals surface area contributed by atoms with E-state index in [1.165, 1.54) is 12.1 Å². The van der Waals surface area contributed by atoms with Gasteiger partial charge in [0, 0.05) is 16.8 Å². The zero-order chi connectivity index (χ0) is 9.42. The summed E-state index contributed by atoms with van der Waals surface area (Å²) in [5, 5.41) is 1.40. The first-order valence-electron chi connectivity index (χ1n) is 3.51. The molecule has 2 nitrogen and oxygen atoms in total. The minimum atomic E-state index is -0.340. The SMILES string of the molecule is Fc1ccc2c([Si])nc(Cl)nc2c1. The maximum Gasteiger partial charge on any atom is 0.222 e. The Kier molecular flexibility index (Phi) is 2.01. The Labute approximate surface area is 82.2 Å². The predicted octanol–water partition coefficient (Wildman–Crippen LogP) is 1.22. The highest BCUT2D eigenvalue weighted by Gasteiger charge is 2.03. The minimum absolute atomic E-state index is 0.100. The fraction of sp³-hybridized carbons (Fsp3) is 0. The Morgan fingerprint density at radius 1 is 1.31 bits per heavy atom. The molecule has 1 aromatic carbocycles. The topological polar surface area (TPSA) is 25.8 Å². The van der Waals surface area contributed by atoms with Crippen LogP contribution in [0.4, 0.5) is 4.39 Å². The molecule has 0 spiro atoms. The van der Waals surface area contributed by atoms with Crippen LogP contribution in [0.2, 0.25) is 5.28 Å². The van der Waals surface area contributed by atoms with E-state index in [4.69, 9.17) is 11.6 Å². The van der Waals surface area contributed by atoms with Crippen molar-refractivity contribution < 1.29 is 4.39 Å². The molecule has 2 aromatic rings. The highest BCUT2D eigenvalue weighted by atomic mass is 35.5. The molecule has 3 radical (unpaired) electrons. The van der Waals surface area contributed by atoms with E-state index in [1.54, 1.807) is 6.07 Å². The summed E-state index contributed by atoms with van der Waals surface area (Å²) in [6, 6.07) is 4.26. The lowest BCUT2D eigenvalue weighted by Crippen LogP contribution is -2.11. The average molecular weight is 210 g/mol. The molecule has 1 aromatic heterocycles. The molecule has 63 valence electrons. The van der Waals surface area contributed by atoms with Crippen molar-refractivity contribution in [2.45, 2.75) is 0 Å². The summed E-state index contributed by atoms with van der Waals surface area (Å²) in [6.07, 6.45) is 0. The van der Waals surface area contributed by atoms with Gasteiger partial charge in [-0.3, -0.25) is 0 Å². The first-order chi connectivity index (χ1) is 6.16. The molecular formula is C8H3ClFN2Si. The molecule has 0 N–H and O–H groups in total. The van der Waals surface area contributed by atoms with Gasteiger partial charge in [0.2, 0.25) is 5.28 Å². The molecule has 0 saturated carbocycles. The Morgan fingerprint density at radius 2 is 2.08 bits per heavy atom. The number of hydrogen-bond donors (Lipinski definition) is 0. The van der Waals surface area contributed by atoms with E-state index in [9.17, 15) is 4.39 Å². The van der Waals surface area contributed by atoms with E-state index >= 15 is 0 Å². The second kappa shape index (κ2) is 3.05. The van der Waals surface area contributed by atoms with Crippen molar-refractivity contribution in [3.63, 3.8) is 0 Å². The third-order valence-electron chi connectivity index (χ3n) is 1.63.